The number of allylic oxidation sites excluding steroid dienone is 2. The van der Waals surface area contributed by atoms with Crippen LogP contribution in [-0.2, 0) is 11.8 Å². The fourth-order valence-corrected chi connectivity index (χ4v) is 7.95. The zero-order valence-electron chi connectivity index (χ0n) is 16.9. The summed E-state index contributed by atoms with van der Waals surface area (Å²) >= 11 is 0. The van der Waals surface area contributed by atoms with Gasteiger partial charge in [-0.3, -0.25) is 0 Å². The standard InChI is InChI=1S/C23H33NO2/c1-20(2)18-7-6-15-16(21(18,3)12-14-13-24-26-19(14)20)8-10-22(4)17(15)9-11-23(22,5)25/h7,13,15-17,25H,6,8-12H2,1-5H3/t15-,16+,17+,21-,22+,23+/m1/s1. The highest BCUT2D eigenvalue weighted by molar-refractivity contribution is 5.44. The quantitative estimate of drug-likeness (QED) is 0.663. The largest absolute Gasteiger partial charge is 0.390 e. The van der Waals surface area contributed by atoms with Gasteiger partial charge in [0.2, 0.25) is 0 Å². The Balaban J connectivity index is 1.60. The van der Waals surface area contributed by atoms with Crippen LogP contribution < -0.4 is 0 Å². The van der Waals surface area contributed by atoms with Crippen molar-refractivity contribution < 1.29 is 9.63 Å². The molecule has 4 aliphatic rings. The number of hydrogen-bond acceptors (Lipinski definition) is 3. The Morgan fingerprint density at radius 2 is 1.81 bits per heavy atom. The number of rotatable bonds is 0. The van der Waals surface area contributed by atoms with E-state index in [9.17, 15) is 5.11 Å². The zero-order chi connectivity index (χ0) is 18.5. The Morgan fingerprint density at radius 1 is 1.08 bits per heavy atom. The van der Waals surface area contributed by atoms with Crippen molar-refractivity contribution in [2.24, 2.45) is 28.6 Å². The second-order valence-electron chi connectivity index (χ2n) is 10.9. The predicted molar refractivity (Wildman–Crippen MR) is 102 cm³/mol. The van der Waals surface area contributed by atoms with Crippen LogP contribution in [-0.4, -0.2) is 15.9 Å². The van der Waals surface area contributed by atoms with E-state index in [1.54, 1.807) is 5.57 Å². The molecule has 3 nitrogen and oxygen atoms in total. The molecule has 0 bridgehead atoms. The van der Waals surface area contributed by atoms with Crippen LogP contribution >= 0.6 is 0 Å². The summed E-state index contributed by atoms with van der Waals surface area (Å²) in [6.45, 7) is 11.6. The third-order valence-corrected chi connectivity index (χ3v) is 9.47. The fourth-order valence-electron chi connectivity index (χ4n) is 7.95. The van der Waals surface area contributed by atoms with Crippen molar-refractivity contribution in [1.29, 1.82) is 0 Å². The molecule has 1 aromatic heterocycles. The molecule has 0 radical (unpaired) electrons. The molecule has 5 rings (SSSR count). The van der Waals surface area contributed by atoms with Crippen LogP contribution in [0, 0.1) is 28.6 Å². The molecule has 1 heterocycles. The minimum Gasteiger partial charge on any atom is -0.390 e. The second-order valence-corrected chi connectivity index (χ2v) is 10.9. The van der Waals surface area contributed by atoms with Gasteiger partial charge in [0.25, 0.3) is 0 Å². The van der Waals surface area contributed by atoms with E-state index in [4.69, 9.17) is 4.52 Å². The summed E-state index contributed by atoms with van der Waals surface area (Å²) in [7, 11) is 0. The first-order chi connectivity index (χ1) is 12.1. The molecule has 2 fully saturated rings. The molecule has 2 saturated carbocycles. The Kier molecular flexibility index (Phi) is 3.17. The normalized spacial score (nSPS) is 48.8. The van der Waals surface area contributed by atoms with Gasteiger partial charge in [0.15, 0.2) is 0 Å². The van der Waals surface area contributed by atoms with E-state index in [0.717, 1.165) is 25.0 Å². The average molecular weight is 356 g/mol. The van der Waals surface area contributed by atoms with Crippen molar-refractivity contribution in [2.45, 2.75) is 84.2 Å². The molecular formula is C23H33NO2. The second kappa shape index (κ2) is 4.84. The summed E-state index contributed by atoms with van der Waals surface area (Å²) in [5.41, 5.74) is 2.60. The summed E-state index contributed by atoms with van der Waals surface area (Å²) in [5, 5.41) is 15.2. The molecule has 0 aliphatic heterocycles. The lowest BCUT2D eigenvalue weighted by atomic mass is 9.44. The Bertz CT molecular complexity index is 788. The lowest BCUT2D eigenvalue weighted by Gasteiger charge is -2.60. The molecule has 0 aromatic carbocycles. The highest BCUT2D eigenvalue weighted by Crippen LogP contribution is 2.68. The smallest absolute Gasteiger partial charge is 0.149 e. The number of fused-ring (bicyclic) bond motifs is 6. The molecule has 0 spiro atoms. The molecule has 142 valence electrons. The number of nitrogens with zero attached hydrogens (tertiary/aromatic N) is 1. The maximum absolute atomic E-state index is 11.1. The van der Waals surface area contributed by atoms with Crippen LogP contribution in [0.25, 0.3) is 0 Å². The first-order valence-corrected chi connectivity index (χ1v) is 10.5. The van der Waals surface area contributed by atoms with Gasteiger partial charge in [-0.15, -0.1) is 0 Å². The van der Waals surface area contributed by atoms with Gasteiger partial charge in [-0.2, -0.15) is 0 Å². The minimum absolute atomic E-state index is 0.0638. The van der Waals surface area contributed by atoms with Gasteiger partial charge >= 0.3 is 0 Å². The number of aliphatic hydroxyl groups is 1. The number of hydrogen-bond donors (Lipinski definition) is 1. The third kappa shape index (κ3) is 1.81. The van der Waals surface area contributed by atoms with Crippen molar-refractivity contribution in [1.82, 2.24) is 5.16 Å². The first-order valence-electron chi connectivity index (χ1n) is 10.5. The topological polar surface area (TPSA) is 46.3 Å². The molecule has 1 N–H and O–H groups in total. The molecule has 0 amide bonds. The SMILES string of the molecule is CC1(C)C2=CC[C@@H]3[C@H](CC[C@@]4(C)[C@H]3CC[C@]4(C)O)[C@@]2(C)Cc2cnoc21. The Hall–Kier alpha value is -1.09. The van der Waals surface area contributed by atoms with Gasteiger partial charge in [-0.05, 0) is 87.9 Å². The van der Waals surface area contributed by atoms with Crippen LogP contribution in [0.15, 0.2) is 22.4 Å². The lowest BCUT2D eigenvalue weighted by Crippen LogP contribution is -2.55. The van der Waals surface area contributed by atoms with E-state index in [1.165, 1.54) is 24.8 Å². The molecule has 3 heteroatoms. The van der Waals surface area contributed by atoms with Crippen molar-refractivity contribution in [2.75, 3.05) is 0 Å². The van der Waals surface area contributed by atoms with Crippen LogP contribution in [0.4, 0.5) is 0 Å². The Morgan fingerprint density at radius 3 is 2.58 bits per heavy atom. The maximum atomic E-state index is 11.1. The van der Waals surface area contributed by atoms with Gasteiger partial charge in [0.05, 0.1) is 11.8 Å². The minimum atomic E-state index is -0.499. The highest BCUT2D eigenvalue weighted by atomic mass is 16.5. The summed E-state index contributed by atoms with van der Waals surface area (Å²) in [6.07, 6.45) is 11.3. The average Bonchev–Trinajstić information content (AvgIpc) is 3.10. The highest BCUT2D eigenvalue weighted by Gasteiger charge is 2.63. The monoisotopic (exact) mass is 355 g/mol. The van der Waals surface area contributed by atoms with Crippen LogP contribution in [0.2, 0.25) is 0 Å². The number of aromatic nitrogens is 1. The summed E-state index contributed by atoms with van der Waals surface area (Å²) in [5.74, 6) is 3.13. The van der Waals surface area contributed by atoms with Gasteiger partial charge < -0.3 is 9.63 Å². The molecule has 1 aromatic rings. The van der Waals surface area contributed by atoms with Crippen LogP contribution in [0.3, 0.4) is 0 Å². The zero-order valence-corrected chi connectivity index (χ0v) is 16.9. The Labute approximate surface area is 157 Å². The summed E-state index contributed by atoms with van der Waals surface area (Å²) < 4.78 is 5.69. The van der Waals surface area contributed by atoms with Gasteiger partial charge in [0.1, 0.15) is 5.76 Å². The van der Waals surface area contributed by atoms with Gasteiger partial charge in [0, 0.05) is 11.0 Å². The van der Waals surface area contributed by atoms with Crippen LogP contribution in [0.5, 0.6) is 0 Å². The molecule has 6 atom stereocenters. The summed E-state index contributed by atoms with van der Waals surface area (Å²) in [4.78, 5) is 0. The van der Waals surface area contributed by atoms with Gasteiger partial charge in [-0.1, -0.05) is 30.7 Å². The molecule has 4 aliphatic carbocycles. The van der Waals surface area contributed by atoms with E-state index in [1.807, 2.05) is 6.20 Å². The van der Waals surface area contributed by atoms with E-state index in [2.05, 4.69) is 45.9 Å². The van der Waals surface area contributed by atoms with E-state index in [0.29, 0.717) is 17.8 Å². The van der Waals surface area contributed by atoms with Crippen molar-refractivity contribution in [3.05, 3.63) is 29.2 Å². The van der Waals surface area contributed by atoms with Crippen molar-refractivity contribution in [3.8, 4) is 0 Å². The summed E-state index contributed by atoms with van der Waals surface area (Å²) in [6, 6.07) is 0. The lowest BCUT2D eigenvalue weighted by molar-refractivity contribution is -0.113. The molecular weight excluding hydrogens is 322 g/mol. The fraction of sp³-hybridized carbons (Fsp3) is 0.783. The third-order valence-electron chi connectivity index (χ3n) is 9.47. The van der Waals surface area contributed by atoms with Gasteiger partial charge in [-0.25, -0.2) is 0 Å². The molecule has 26 heavy (non-hydrogen) atoms. The van der Waals surface area contributed by atoms with E-state index in [-0.39, 0.29) is 16.2 Å². The van der Waals surface area contributed by atoms with E-state index < -0.39 is 5.60 Å². The predicted octanol–water partition coefficient (Wildman–Crippen LogP) is 5.04. The first kappa shape index (κ1) is 17.0. The van der Waals surface area contributed by atoms with Crippen LogP contribution in [0.1, 0.15) is 78.0 Å². The molecule has 0 saturated heterocycles. The van der Waals surface area contributed by atoms with Crippen molar-refractivity contribution in [3.63, 3.8) is 0 Å². The molecule has 0 unspecified atom stereocenters. The van der Waals surface area contributed by atoms with Crippen molar-refractivity contribution >= 4 is 0 Å². The van der Waals surface area contributed by atoms with E-state index >= 15 is 0 Å². The maximum Gasteiger partial charge on any atom is 0.149 e.